The number of hydrogen-bond acceptors (Lipinski definition) is 1. The smallest absolute Gasteiger partial charge is 0.0540 e. The Morgan fingerprint density at radius 1 is 0.487 bits per heavy atom. The van der Waals surface area contributed by atoms with E-state index in [9.17, 15) is 5.11 Å². The minimum Gasteiger partial charge on any atom is -0.393 e. The van der Waals surface area contributed by atoms with E-state index in [0.29, 0.717) is 0 Å². The van der Waals surface area contributed by atoms with Gasteiger partial charge in [0.2, 0.25) is 0 Å². The zero-order valence-corrected chi connectivity index (χ0v) is 26.4. The maximum atomic E-state index is 10.2. The Morgan fingerprint density at radius 2 is 0.897 bits per heavy atom. The molecule has 0 spiro atoms. The molecule has 0 heterocycles. The first-order valence-electron chi connectivity index (χ1n) is 16.8. The van der Waals surface area contributed by atoms with Crippen molar-refractivity contribution in [3.05, 3.63) is 72.4 Å². The fourth-order valence-electron chi connectivity index (χ4n) is 4.58. The Kier molecular flexibility index (Phi) is 31.3. The van der Waals surface area contributed by atoms with Crippen molar-refractivity contribution < 1.29 is 5.11 Å². The van der Waals surface area contributed by atoms with Gasteiger partial charge in [0.05, 0.1) is 6.10 Å². The van der Waals surface area contributed by atoms with Gasteiger partial charge in [-0.15, -0.1) is 0 Å². The second kappa shape index (κ2) is 32.6. The quantitative estimate of drug-likeness (QED) is 0.0775. The van der Waals surface area contributed by atoms with Crippen molar-refractivity contribution in [2.24, 2.45) is 0 Å². The predicted molar refractivity (Wildman–Crippen MR) is 178 cm³/mol. The zero-order chi connectivity index (χ0) is 28.5. The summed E-state index contributed by atoms with van der Waals surface area (Å²) in [6.07, 6.45) is 51.4. The van der Waals surface area contributed by atoms with Gasteiger partial charge in [-0.1, -0.05) is 138 Å². The maximum Gasteiger partial charge on any atom is 0.0540 e. The fourth-order valence-corrected chi connectivity index (χ4v) is 4.58. The van der Waals surface area contributed by atoms with Crippen LogP contribution in [0.15, 0.2) is 72.4 Å². The van der Waals surface area contributed by atoms with E-state index in [4.69, 9.17) is 0 Å². The van der Waals surface area contributed by atoms with Crippen LogP contribution in [0.2, 0.25) is 0 Å². The van der Waals surface area contributed by atoms with Gasteiger partial charge in [0, 0.05) is 0 Å². The molecule has 1 unspecified atom stereocenters. The highest BCUT2D eigenvalue weighted by Gasteiger charge is 2.03. The first-order chi connectivity index (χ1) is 19.2. The molecule has 0 fully saturated rings. The largest absolute Gasteiger partial charge is 0.393 e. The lowest BCUT2D eigenvalue weighted by molar-refractivity contribution is 0.147. The van der Waals surface area contributed by atoms with Crippen LogP contribution in [0.4, 0.5) is 0 Å². The molecule has 0 aliphatic heterocycles. The Labute approximate surface area is 245 Å². The zero-order valence-electron chi connectivity index (χ0n) is 26.4. The maximum absolute atomic E-state index is 10.2. The van der Waals surface area contributed by atoms with E-state index in [1.54, 1.807) is 0 Å². The molecular weight excluding hydrogens is 472 g/mol. The average molecular weight is 539 g/mol. The Morgan fingerprint density at radius 3 is 1.38 bits per heavy atom. The molecule has 0 bridgehead atoms. The summed E-state index contributed by atoms with van der Waals surface area (Å²) in [5.74, 6) is 0. The average Bonchev–Trinajstić information content (AvgIpc) is 2.93. The van der Waals surface area contributed by atoms with Gasteiger partial charge in [-0.2, -0.15) is 0 Å². The summed E-state index contributed by atoms with van der Waals surface area (Å²) in [6.45, 7) is 6.78. The number of unbranched alkanes of at least 4 members (excludes halogenated alkanes) is 11. The predicted octanol–water partition coefficient (Wildman–Crippen LogP) is 12.7. The summed E-state index contributed by atoms with van der Waals surface area (Å²) >= 11 is 0. The van der Waals surface area contributed by atoms with Gasteiger partial charge in [-0.3, -0.25) is 0 Å². The SMILES string of the molecule is CCCCCC=CCC=CCC=CCCCCCC(O)CCCCCC=CCC=CCC=C(C)CCCCC. The summed E-state index contributed by atoms with van der Waals surface area (Å²) in [5, 5.41) is 10.2. The standard InChI is InChI=1S/C38H66O/c1-4-6-8-9-10-11-12-13-14-15-16-17-21-24-27-31-35-38(39)36-32-28-25-22-19-18-20-23-26-30-34-37(3)33-29-7-5-2/h10-11,13-14,16-19,23,26,34,38-39H,4-9,12,15,20-22,24-25,27-33,35-36H2,1-3H3. The van der Waals surface area contributed by atoms with Gasteiger partial charge in [0.1, 0.15) is 0 Å². The highest BCUT2D eigenvalue weighted by Crippen LogP contribution is 2.13. The fraction of sp³-hybridized carbons (Fsp3) is 0.684. The third-order valence-electron chi connectivity index (χ3n) is 7.22. The summed E-state index contributed by atoms with van der Waals surface area (Å²) in [5.41, 5.74) is 1.53. The van der Waals surface area contributed by atoms with E-state index in [1.165, 1.54) is 95.5 Å². The van der Waals surface area contributed by atoms with E-state index >= 15 is 0 Å². The molecule has 0 amide bonds. The van der Waals surface area contributed by atoms with Crippen LogP contribution in [-0.2, 0) is 0 Å². The molecule has 0 aliphatic rings. The lowest BCUT2D eigenvalue weighted by Gasteiger charge is -2.09. The number of aliphatic hydroxyl groups is 1. The van der Waals surface area contributed by atoms with Crippen LogP contribution in [0.3, 0.4) is 0 Å². The molecule has 39 heavy (non-hydrogen) atoms. The van der Waals surface area contributed by atoms with E-state index < -0.39 is 0 Å². The molecule has 0 saturated carbocycles. The van der Waals surface area contributed by atoms with Gasteiger partial charge < -0.3 is 5.11 Å². The van der Waals surface area contributed by atoms with Crippen LogP contribution < -0.4 is 0 Å². The van der Waals surface area contributed by atoms with Crippen molar-refractivity contribution in [3.63, 3.8) is 0 Å². The highest BCUT2D eigenvalue weighted by atomic mass is 16.3. The Hall–Kier alpha value is -1.60. The molecule has 1 nitrogen and oxygen atoms in total. The third-order valence-corrected chi connectivity index (χ3v) is 7.22. The second-order valence-corrected chi connectivity index (χ2v) is 11.2. The number of allylic oxidation sites excluding steroid dienone is 12. The topological polar surface area (TPSA) is 20.2 Å². The van der Waals surface area contributed by atoms with Gasteiger partial charge in [0.15, 0.2) is 0 Å². The van der Waals surface area contributed by atoms with E-state index in [1.807, 2.05) is 0 Å². The van der Waals surface area contributed by atoms with Crippen molar-refractivity contribution in [2.75, 3.05) is 0 Å². The first kappa shape index (κ1) is 37.4. The summed E-state index contributed by atoms with van der Waals surface area (Å²) in [6, 6.07) is 0. The van der Waals surface area contributed by atoms with Crippen LogP contribution >= 0.6 is 0 Å². The monoisotopic (exact) mass is 539 g/mol. The normalized spacial score (nSPS) is 13.9. The Balaban J connectivity index is 3.48. The van der Waals surface area contributed by atoms with Gasteiger partial charge in [0.25, 0.3) is 0 Å². The molecule has 0 aliphatic carbocycles. The molecule has 0 rings (SSSR count). The van der Waals surface area contributed by atoms with E-state index in [2.05, 4.69) is 87.6 Å². The van der Waals surface area contributed by atoms with Crippen molar-refractivity contribution in [2.45, 2.75) is 168 Å². The van der Waals surface area contributed by atoms with Crippen LogP contribution in [0.5, 0.6) is 0 Å². The number of aliphatic hydroxyl groups excluding tert-OH is 1. The van der Waals surface area contributed by atoms with Gasteiger partial charge in [-0.05, 0) is 96.8 Å². The van der Waals surface area contributed by atoms with Crippen molar-refractivity contribution in [3.8, 4) is 0 Å². The number of rotatable bonds is 28. The minimum absolute atomic E-state index is 0.101. The molecule has 0 aromatic rings. The van der Waals surface area contributed by atoms with Crippen LogP contribution in [0.25, 0.3) is 0 Å². The Bertz CT molecular complexity index is 660. The van der Waals surface area contributed by atoms with Gasteiger partial charge in [-0.25, -0.2) is 0 Å². The molecule has 1 N–H and O–H groups in total. The molecule has 0 aromatic heterocycles. The van der Waals surface area contributed by atoms with Crippen LogP contribution in [-0.4, -0.2) is 11.2 Å². The summed E-state index contributed by atoms with van der Waals surface area (Å²) in [7, 11) is 0. The van der Waals surface area contributed by atoms with Crippen molar-refractivity contribution in [1.82, 2.24) is 0 Å². The molecule has 0 saturated heterocycles. The molecule has 224 valence electrons. The minimum atomic E-state index is -0.101. The van der Waals surface area contributed by atoms with Crippen molar-refractivity contribution in [1.29, 1.82) is 0 Å². The summed E-state index contributed by atoms with van der Waals surface area (Å²) < 4.78 is 0. The van der Waals surface area contributed by atoms with Crippen LogP contribution in [0, 0.1) is 0 Å². The third kappa shape index (κ3) is 32.5. The van der Waals surface area contributed by atoms with Crippen LogP contribution in [0.1, 0.15) is 162 Å². The summed E-state index contributed by atoms with van der Waals surface area (Å²) in [4.78, 5) is 0. The molecule has 1 atom stereocenters. The second-order valence-electron chi connectivity index (χ2n) is 11.2. The lowest BCUT2D eigenvalue weighted by Crippen LogP contribution is -2.05. The highest BCUT2D eigenvalue weighted by molar-refractivity contribution is 5.03. The molecule has 0 aromatic carbocycles. The molecular formula is C38H66O. The lowest BCUT2D eigenvalue weighted by atomic mass is 10.0. The van der Waals surface area contributed by atoms with E-state index in [0.717, 1.165) is 51.4 Å². The van der Waals surface area contributed by atoms with E-state index in [-0.39, 0.29) is 6.10 Å². The molecule has 0 radical (unpaired) electrons. The molecule has 1 heteroatoms. The van der Waals surface area contributed by atoms with Gasteiger partial charge >= 0.3 is 0 Å². The first-order valence-corrected chi connectivity index (χ1v) is 16.8. The van der Waals surface area contributed by atoms with Crippen molar-refractivity contribution >= 4 is 0 Å². The number of hydrogen-bond donors (Lipinski definition) is 1.